The van der Waals surface area contributed by atoms with E-state index in [4.69, 9.17) is 10.3 Å². The van der Waals surface area contributed by atoms with E-state index in [1.807, 2.05) is 0 Å². The van der Waals surface area contributed by atoms with Crippen molar-refractivity contribution in [2.45, 2.75) is 13.5 Å². The third kappa shape index (κ3) is 2.35. The SMILES string of the molecule is Cc1noc(NC(=O)Cn2ccc(N)n2)n1. The molecule has 84 valence electrons. The van der Waals surface area contributed by atoms with Crippen LogP contribution in [0.15, 0.2) is 16.8 Å². The third-order valence-corrected chi connectivity index (χ3v) is 1.74. The number of amides is 1. The summed E-state index contributed by atoms with van der Waals surface area (Å²) in [5.74, 6) is 0.506. The maximum atomic E-state index is 11.5. The first-order valence-electron chi connectivity index (χ1n) is 4.52. The highest BCUT2D eigenvalue weighted by atomic mass is 16.5. The highest BCUT2D eigenvalue weighted by Gasteiger charge is 2.08. The Labute approximate surface area is 90.4 Å². The molecule has 2 aromatic heterocycles. The fourth-order valence-corrected chi connectivity index (χ4v) is 1.12. The van der Waals surface area contributed by atoms with Crippen molar-refractivity contribution in [1.29, 1.82) is 0 Å². The first-order valence-corrected chi connectivity index (χ1v) is 4.52. The topological polar surface area (TPSA) is 112 Å². The van der Waals surface area contributed by atoms with E-state index >= 15 is 0 Å². The Morgan fingerprint density at radius 3 is 3.06 bits per heavy atom. The van der Waals surface area contributed by atoms with Crippen LogP contribution < -0.4 is 11.1 Å². The van der Waals surface area contributed by atoms with Crippen molar-refractivity contribution in [3.63, 3.8) is 0 Å². The summed E-state index contributed by atoms with van der Waals surface area (Å²) in [4.78, 5) is 15.3. The van der Waals surface area contributed by atoms with E-state index in [0.29, 0.717) is 11.6 Å². The van der Waals surface area contributed by atoms with Gasteiger partial charge in [-0.05, 0) is 13.0 Å². The number of hydrogen-bond donors (Lipinski definition) is 2. The number of aromatic nitrogens is 4. The van der Waals surface area contributed by atoms with Crippen LogP contribution in [-0.4, -0.2) is 25.8 Å². The van der Waals surface area contributed by atoms with Gasteiger partial charge in [0.15, 0.2) is 5.82 Å². The van der Waals surface area contributed by atoms with Gasteiger partial charge in [0.25, 0.3) is 0 Å². The zero-order valence-electron chi connectivity index (χ0n) is 8.54. The second-order valence-electron chi connectivity index (χ2n) is 3.13. The quantitative estimate of drug-likeness (QED) is 0.743. The van der Waals surface area contributed by atoms with Crippen LogP contribution >= 0.6 is 0 Å². The van der Waals surface area contributed by atoms with E-state index in [1.165, 1.54) is 4.68 Å². The normalized spacial score (nSPS) is 10.3. The molecule has 0 spiro atoms. The summed E-state index contributed by atoms with van der Waals surface area (Å²) < 4.78 is 6.14. The summed E-state index contributed by atoms with van der Waals surface area (Å²) >= 11 is 0. The highest BCUT2D eigenvalue weighted by Crippen LogP contribution is 2.02. The van der Waals surface area contributed by atoms with Crippen molar-refractivity contribution < 1.29 is 9.32 Å². The zero-order chi connectivity index (χ0) is 11.5. The largest absolute Gasteiger partial charge is 0.382 e. The van der Waals surface area contributed by atoms with E-state index in [1.54, 1.807) is 19.2 Å². The molecule has 0 bridgehead atoms. The number of aryl methyl sites for hydroxylation is 1. The molecule has 1 amide bonds. The smallest absolute Gasteiger partial charge is 0.328 e. The molecule has 0 atom stereocenters. The minimum Gasteiger partial charge on any atom is -0.382 e. The van der Waals surface area contributed by atoms with E-state index in [9.17, 15) is 4.79 Å². The maximum absolute atomic E-state index is 11.5. The minimum absolute atomic E-state index is 0.0403. The number of carbonyl (C=O) groups excluding carboxylic acids is 1. The summed E-state index contributed by atoms with van der Waals surface area (Å²) in [5.41, 5.74) is 5.41. The van der Waals surface area contributed by atoms with Crippen LogP contribution in [-0.2, 0) is 11.3 Å². The molecule has 2 heterocycles. The van der Waals surface area contributed by atoms with Gasteiger partial charge in [0.2, 0.25) is 5.91 Å². The van der Waals surface area contributed by atoms with Gasteiger partial charge in [0.05, 0.1) is 0 Å². The van der Waals surface area contributed by atoms with E-state index in [2.05, 4.69) is 20.6 Å². The van der Waals surface area contributed by atoms with Gasteiger partial charge in [-0.1, -0.05) is 5.16 Å². The van der Waals surface area contributed by atoms with Gasteiger partial charge < -0.3 is 10.3 Å². The van der Waals surface area contributed by atoms with Crippen molar-refractivity contribution in [2.75, 3.05) is 11.1 Å². The molecule has 16 heavy (non-hydrogen) atoms. The molecule has 0 aliphatic heterocycles. The minimum atomic E-state index is -0.313. The van der Waals surface area contributed by atoms with Gasteiger partial charge in [-0.25, -0.2) is 0 Å². The average molecular weight is 222 g/mol. The Morgan fingerprint density at radius 1 is 1.69 bits per heavy atom. The summed E-state index contributed by atoms with van der Waals surface area (Å²) in [6.45, 7) is 1.70. The number of carbonyl (C=O) groups is 1. The molecular formula is C8H10N6O2. The number of nitrogens with one attached hydrogen (secondary N) is 1. The van der Waals surface area contributed by atoms with Gasteiger partial charge in [-0.15, -0.1) is 0 Å². The monoisotopic (exact) mass is 222 g/mol. The summed E-state index contributed by atoms with van der Waals surface area (Å²) in [7, 11) is 0. The van der Waals surface area contributed by atoms with Gasteiger partial charge in [-0.3, -0.25) is 14.8 Å². The predicted molar refractivity (Wildman–Crippen MR) is 54.3 cm³/mol. The first-order chi connectivity index (χ1) is 7.63. The van der Waals surface area contributed by atoms with E-state index < -0.39 is 0 Å². The van der Waals surface area contributed by atoms with Crippen LogP contribution in [0.4, 0.5) is 11.8 Å². The van der Waals surface area contributed by atoms with E-state index in [-0.39, 0.29) is 18.5 Å². The molecule has 8 nitrogen and oxygen atoms in total. The Bertz CT molecular complexity index is 458. The lowest BCUT2D eigenvalue weighted by Crippen LogP contribution is -2.19. The number of anilines is 2. The van der Waals surface area contributed by atoms with Crippen LogP contribution in [0.3, 0.4) is 0 Å². The number of nitrogens with two attached hydrogens (primary N) is 1. The van der Waals surface area contributed by atoms with Crippen LogP contribution in [0.2, 0.25) is 0 Å². The lowest BCUT2D eigenvalue weighted by Gasteiger charge is -1.99. The van der Waals surface area contributed by atoms with E-state index in [0.717, 1.165) is 0 Å². The van der Waals surface area contributed by atoms with Gasteiger partial charge in [0, 0.05) is 6.20 Å². The molecule has 0 radical (unpaired) electrons. The van der Waals surface area contributed by atoms with Crippen LogP contribution in [0.5, 0.6) is 0 Å². The molecule has 8 heteroatoms. The Balaban J connectivity index is 1.94. The Morgan fingerprint density at radius 2 is 2.50 bits per heavy atom. The number of nitrogen functional groups attached to an aromatic ring is 1. The van der Waals surface area contributed by atoms with Gasteiger partial charge in [-0.2, -0.15) is 10.1 Å². The molecule has 2 aromatic rings. The van der Waals surface area contributed by atoms with Crippen LogP contribution in [0.1, 0.15) is 5.82 Å². The molecule has 0 saturated heterocycles. The summed E-state index contributed by atoms with van der Waals surface area (Å²) in [6.07, 6.45) is 1.61. The number of rotatable bonds is 3. The van der Waals surface area contributed by atoms with Gasteiger partial charge in [0.1, 0.15) is 12.4 Å². The molecule has 0 unspecified atom stereocenters. The molecule has 0 saturated carbocycles. The van der Waals surface area contributed by atoms with Crippen molar-refractivity contribution in [2.24, 2.45) is 0 Å². The molecule has 0 fully saturated rings. The lowest BCUT2D eigenvalue weighted by atomic mass is 10.6. The standard InChI is InChI=1S/C8H10N6O2/c1-5-10-8(16-13-5)11-7(15)4-14-3-2-6(9)12-14/h2-3H,4H2,1H3,(H2,9,12)(H,10,11,13,15). The average Bonchev–Trinajstić information content (AvgIpc) is 2.76. The van der Waals surface area contributed by atoms with Crippen LogP contribution in [0.25, 0.3) is 0 Å². The van der Waals surface area contributed by atoms with Crippen molar-refractivity contribution in [3.8, 4) is 0 Å². The third-order valence-electron chi connectivity index (χ3n) is 1.74. The molecule has 0 aliphatic carbocycles. The molecular weight excluding hydrogens is 212 g/mol. The van der Waals surface area contributed by atoms with Crippen LogP contribution in [0, 0.1) is 6.92 Å². The Kier molecular flexibility index (Phi) is 2.54. The summed E-state index contributed by atoms with van der Waals surface area (Å²) in [6, 6.07) is 1.67. The first kappa shape index (κ1) is 10.1. The van der Waals surface area contributed by atoms with Crippen molar-refractivity contribution in [3.05, 3.63) is 18.1 Å². The fourth-order valence-electron chi connectivity index (χ4n) is 1.12. The second-order valence-corrected chi connectivity index (χ2v) is 3.13. The summed E-state index contributed by atoms with van der Waals surface area (Å²) in [5, 5.41) is 9.84. The molecule has 3 N–H and O–H groups in total. The van der Waals surface area contributed by atoms with Crippen molar-refractivity contribution >= 4 is 17.7 Å². The maximum Gasteiger partial charge on any atom is 0.328 e. The Hall–Kier alpha value is -2.38. The van der Waals surface area contributed by atoms with Gasteiger partial charge >= 0.3 is 6.01 Å². The highest BCUT2D eigenvalue weighted by molar-refractivity contribution is 5.88. The molecule has 0 aliphatic rings. The fraction of sp³-hybridized carbons (Fsp3) is 0.250. The molecule has 2 rings (SSSR count). The predicted octanol–water partition coefficient (Wildman–Crippen LogP) is -0.205. The zero-order valence-corrected chi connectivity index (χ0v) is 8.54. The lowest BCUT2D eigenvalue weighted by molar-refractivity contribution is -0.117. The van der Waals surface area contributed by atoms with Crippen molar-refractivity contribution in [1.82, 2.24) is 19.9 Å². The second kappa shape index (κ2) is 4.01. The number of hydrogen-bond acceptors (Lipinski definition) is 6. The molecule has 0 aromatic carbocycles. The number of nitrogens with zero attached hydrogens (tertiary/aromatic N) is 4.